The van der Waals surface area contributed by atoms with Crippen LogP contribution in [0.1, 0.15) is 97.5 Å². The van der Waals surface area contributed by atoms with Crippen LogP contribution >= 0.6 is 0 Å². The molecule has 0 fully saturated rings. The van der Waals surface area contributed by atoms with Crippen molar-refractivity contribution < 1.29 is 19.1 Å². The van der Waals surface area contributed by atoms with Gasteiger partial charge in [-0.05, 0) is 49.3 Å². The average molecular weight is 405 g/mol. The second kappa shape index (κ2) is 14.2. The molecule has 0 heterocycles. The smallest absolute Gasteiger partial charge is 0.311 e. The Hall–Kier alpha value is -1.84. The lowest BCUT2D eigenvalue weighted by Gasteiger charge is -2.14. The van der Waals surface area contributed by atoms with Crippen molar-refractivity contribution >= 4 is 11.9 Å². The Labute approximate surface area is 177 Å². The molecule has 0 aliphatic rings. The maximum Gasteiger partial charge on any atom is 0.311 e. The molecular weight excluding hydrogens is 364 g/mol. The van der Waals surface area contributed by atoms with Crippen LogP contribution in [0.5, 0.6) is 11.5 Å². The minimum Gasteiger partial charge on any atom is -0.426 e. The molecular formula is C25H40O4. The van der Waals surface area contributed by atoms with E-state index in [0.29, 0.717) is 36.2 Å². The largest absolute Gasteiger partial charge is 0.426 e. The van der Waals surface area contributed by atoms with Crippen LogP contribution in [0.2, 0.25) is 0 Å². The van der Waals surface area contributed by atoms with Gasteiger partial charge in [0.05, 0.1) is 0 Å². The zero-order chi connectivity index (χ0) is 21.6. The summed E-state index contributed by atoms with van der Waals surface area (Å²) in [5, 5.41) is 0. The van der Waals surface area contributed by atoms with Gasteiger partial charge in [0.2, 0.25) is 0 Å². The molecule has 1 aromatic rings. The monoisotopic (exact) mass is 404 g/mol. The summed E-state index contributed by atoms with van der Waals surface area (Å²) >= 11 is 0. The van der Waals surface area contributed by atoms with E-state index in [9.17, 15) is 9.59 Å². The van der Waals surface area contributed by atoms with Crippen molar-refractivity contribution in [1.82, 2.24) is 0 Å². The normalized spacial score (nSPS) is 13.0. The van der Waals surface area contributed by atoms with E-state index in [1.807, 2.05) is 6.92 Å². The summed E-state index contributed by atoms with van der Waals surface area (Å²) in [4.78, 5) is 24.4. The molecule has 0 amide bonds. The van der Waals surface area contributed by atoms with Gasteiger partial charge in [-0.2, -0.15) is 0 Å². The van der Waals surface area contributed by atoms with Crippen LogP contribution in [-0.4, -0.2) is 11.9 Å². The van der Waals surface area contributed by atoms with Gasteiger partial charge in [-0.1, -0.05) is 66.2 Å². The molecule has 0 saturated heterocycles. The quantitative estimate of drug-likeness (QED) is 0.247. The summed E-state index contributed by atoms with van der Waals surface area (Å²) in [5.41, 5.74) is 0.896. The van der Waals surface area contributed by atoms with Crippen molar-refractivity contribution in [2.45, 2.75) is 98.8 Å². The van der Waals surface area contributed by atoms with Gasteiger partial charge in [0.1, 0.15) is 11.5 Å². The maximum atomic E-state index is 12.2. The molecule has 4 nitrogen and oxygen atoms in total. The molecule has 0 spiro atoms. The molecule has 0 aliphatic heterocycles. The van der Waals surface area contributed by atoms with Crippen LogP contribution < -0.4 is 9.47 Å². The highest BCUT2D eigenvalue weighted by Crippen LogP contribution is 2.25. The first-order valence-electron chi connectivity index (χ1n) is 11.4. The standard InChI is InChI=1S/C25H40O4/c1-6-10-20(8-3)12-14-24(26)28-22-16-19(5)17-23(18-22)29-25(27)15-13-21(9-4)11-7-2/h16-18,20-21H,6-15H2,1-5H3. The highest BCUT2D eigenvalue weighted by atomic mass is 16.5. The van der Waals surface area contributed by atoms with Crippen LogP contribution in [0.4, 0.5) is 0 Å². The molecule has 164 valence electrons. The third kappa shape index (κ3) is 10.5. The number of hydrogen-bond acceptors (Lipinski definition) is 4. The number of ether oxygens (including phenoxy) is 2. The molecule has 1 aromatic carbocycles. The van der Waals surface area contributed by atoms with E-state index in [0.717, 1.165) is 56.9 Å². The third-order valence-electron chi connectivity index (χ3n) is 5.55. The summed E-state index contributed by atoms with van der Waals surface area (Å²) in [6.45, 7) is 10.6. The van der Waals surface area contributed by atoms with Gasteiger partial charge >= 0.3 is 11.9 Å². The topological polar surface area (TPSA) is 52.6 Å². The SMILES string of the molecule is CCCC(CC)CCC(=O)Oc1cc(C)cc(OC(=O)CCC(CC)CCC)c1. The Bertz CT molecular complexity index is 573. The summed E-state index contributed by atoms with van der Waals surface area (Å²) in [7, 11) is 0. The zero-order valence-corrected chi connectivity index (χ0v) is 19.1. The Kier molecular flexibility index (Phi) is 12.3. The fourth-order valence-corrected chi connectivity index (χ4v) is 3.76. The van der Waals surface area contributed by atoms with Gasteiger partial charge in [-0.25, -0.2) is 0 Å². The van der Waals surface area contributed by atoms with Crippen molar-refractivity contribution in [3.05, 3.63) is 23.8 Å². The van der Waals surface area contributed by atoms with E-state index in [-0.39, 0.29) is 11.9 Å². The molecule has 2 unspecified atom stereocenters. The number of carbonyl (C=O) groups is 2. The molecule has 2 atom stereocenters. The highest BCUT2D eigenvalue weighted by Gasteiger charge is 2.14. The maximum absolute atomic E-state index is 12.2. The number of hydrogen-bond donors (Lipinski definition) is 0. The fourth-order valence-electron chi connectivity index (χ4n) is 3.76. The highest BCUT2D eigenvalue weighted by molar-refractivity contribution is 5.74. The number of aryl methyl sites for hydroxylation is 1. The summed E-state index contributed by atoms with van der Waals surface area (Å²) in [6, 6.07) is 5.23. The summed E-state index contributed by atoms with van der Waals surface area (Å²) in [5.74, 6) is 1.57. The fraction of sp³-hybridized carbons (Fsp3) is 0.680. The minimum absolute atomic E-state index is 0.229. The van der Waals surface area contributed by atoms with Crippen LogP contribution in [0.3, 0.4) is 0 Å². The van der Waals surface area contributed by atoms with Crippen molar-refractivity contribution in [3.63, 3.8) is 0 Å². The Morgan fingerprint density at radius 3 is 1.48 bits per heavy atom. The number of esters is 2. The predicted octanol–water partition coefficient (Wildman–Crippen LogP) is 7.02. The molecule has 0 bridgehead atoms. The second-order valence-electron chi connectivity index (χ2n) is 8.13. The molecule has 1 rings (SSSR count). The predicted molar refractivity (Wildman–Crippen MR) is 118 cm³/mol. The molecule has 0 aliphatic carbocycles. The summed E-state index contributed by atoms with van der Waals surface area (Å²) < 4.78 is 11.0. The Morgan fingerprint density at radius 1 is 0.724 bits per heavy atom. The molecule has 0 radical (unpaired) electrons. The molecule has 4 heteroatoms. The number of rotatable bonds is 14. The van der Waals surface area contributed by atoms with Crippen LogP contribution in [0, 0.1) is 18.8 Å². The molecule has 0 N–H and O–H groups in total. The van der Waals surface area contributed by atoms with Crippen LogP contribution in [0.15, 0.2) is 18.2 Å². The van der Waals surface area contributed by atoms with E-state index in [1.165, 1.54) is 0 Å². The Morgan fingerprint density at radius 2 is 1.14 bits per heavy atom. The minimum atomic E-state index is -0.229. The lowest BCUT2D eigenvalue weighted by atomic mass is 9.95. The van der Waals surface area contributed by atoms with Gasteiger partial charge in [0, 0.05) is 18.9 Å². The third-order valence-corrected chi connectivity index (χ3v) is 5.55. The second-order valence-corrected chi connectivity index (χ2v) is 8.13. The molecule has 0 saturated carbocycles. The lowest BCUT2D eigenvalue weighted by Crippen LogP contribution is -2.12. The van der Waals surface area contributed by atoms with Gasteiger partial charge in [-0.3, -0.25) is 9.59 Å². The van der Waals surface area contributed by atoms with Crippen LogP contribution in [0.25, 0.3) is 0 Å². The zero-order valence-electron chi connectivity index (χ0n) is 19.1. The summed E-state index contributed by atoms with van der Waals surface area (Å²) in [6.07, 6.45) is 9.27. The van der Waals surface area contributed by atoms with Crippen molar-refractivity contribution in [2.75, 3.05) is 0 Å². The van der Waals surface area contributed by atoms with Gasteiger partial charge in [-0.15, -0.1) is 0 Å². The average Bonchev–Trinajstić information content (AvgIpc) is 2.67. The van der Waals surface area contributed by atoms with Gasteiger partial charge in [0.25, 0.3) is 0 Å². The number of carbonyl (C=O) groups excluding carboxylic acids is 2. The van der Waals surface area contributed by atoms with E-state index in [4.69, 9.17) is 9.47 Å². The van der Waals surface area contributed by atoms with Gasteiger partial charge < -0.3 is 9.47 Å². The van der Waals surface area contributed by atoms with E-state index < -0.39 is 0 Å². The van der Waals surface area contributed by atoms with E-state index in [1.54, 1.807) is 18.2 Å². The van der Waals surface area contributed by atoms with Gasteiger partial charge in [0.15, 0.2) is 0 Å². The first-order chi connectivity index (χ1) is 13.9. The van der Waals surface area contributed by atoms with Crippen molar-refractivity contribution in [3.8, 4) is 11.5 Å². The first kappa shape index (κ1) is 25.2. The number of benzene rings is 1. The Balaban J connectivity index is 2.59. The molecule has 0 aromatic heterocycles. The first-order valence-corrected chi connectivity index (χ1v) is 11.4. The van der Waals surface area contributed by atoms with Crippen molar-refractivity contribution in [2.24, 2.45) is 11.8 Å². The van der Waals surface area contributed by atoms with Crippen LogP contribution in [-0.2, 0) is 9.59 Å². The van der Waals surface area contributed by atoms with Crippen molar-refractivity contribution in [1.29, 1.82) is 0 Å². The van der Waals surface area contributed by atoms with E-state index >= 15 is 0 Å². The molecule has 29 heavy (non-hydrogen) atoms. The lowest BCUT2D eigenvalue weighted by molar-refractivity contribution is -0.135. The van der Waals surface area contributed by atoms with E-state index in [2.05, 4.69) is 27.7 Å².